The zero-order valence-electron chi connectivity index (χ0n) is 52.3. The molecule has 6 aromatic carbocycles. The maximum atomic E-state index is 13.0. The van der Waals surface area contributed by atoms with Crippen molar-refractivity contribution in [3.8, 4) is 23.0 Å². The summed E-state index contributed by atoms with van der Waals surface area (Å²) in [6, 6.07) is 37.8. The molecule has 0 fully saturated rings. The number of sulfonamides is 3. The summed E-state index contributed by atoms with van der Waals surface area (Å²) in [7, 11) is -10.5. The molecule has 6 aliphatic rings. The summed E-state index contributed by atoms with van der Waals surface area (Å²) in [5.41, 5.74) is 8.22. The van der Waals surface area contributed by atoms with E-state index < -0.39 is 67.3 Å². The van der Waals surface area contributed by atoms with E-state index in [1.54, 1.807) is 45.0 Å². The van der Waals surface area contributed by atoms with Crippen molar-refractivity contribution in [2.75, 3.05) is 54.8 Å². The van der Waals surface area contributed by atoms with E-state index in [4.69, 9.17) is 65.8 Å². The minimum Gasteiger partial charge on any atom is -0.486 e. The first-order valence-electron chi connectivity index (χ1n) is 28.2. The molecule has 0 spiro atoms. The molecule has 0 amide bonds. The van der Waals surface area contributed by atoms with Crippen LogP contribution in [-0.4, -0.2) is 131 Å². The van der Waals surface area contributed by atoms with Gasteiger partial charge in [-0.1, -0.05) is 87.1 Å². The van der Waals surface area contributed by atoms with E-state index >= 15 is 0 Å². The van der Waals surface area contributed by atoms with E-state index in [1.165, 1.54) is 61.3 Å². The number of nitrogens with one attached hydrogen (secondary N) is 1. The molecule has 12 rings (SSSR count). The number of nitrogens with zero attached hydrogens (tertiary/aromatic N) is 3. The van der Waals surface area contributed by atoms with Crippen LogP contribution in [0.15, 0.2) is 142 Å². The Kier molecular flexibility index (Phi) is 45.9. The predicted octanol–water partition coefficient (Wildman–Crippen LogP) is 11.2. The van der Waals surface area contributed by atoms with Crippen molar-refractivity contribution in [1.29, 1.82) is 0 Å². The van der Waals surface area contributed by atoms with Crippen LogP contribution < -0.4 is 37.5 Å². The number of halogens is 11. The molecule has 0 saturated carbocycles. The fraction of sp³-hybridized carbons (Fsp3) is 0.379. The van der Waals surface area contributed by atoms with E-state index in [2.05, 4.69) is 125 Å². The zero-order valence-corrected chi connectivity index (χ0v) is 74.9. The van der Waals surface area contributed by atoms with Gasteiger partial charge in [0, 0.05) is 128 Å². The standard InChI is InChI=1S/C18H19NO6S2.C10H12ClNO4S2.C10H13NO2S.C8H9N.C8H8O2.C2H5ClO2S.CH2Cl2.CH4.ClHO3S.I3.I2.HI/c1-2-26(20,21)19-11-13-3-4-15(9-14(13)12-19)27(22,23)16-5-6-17-18(10-16)25-8-7-24-17;1-2-17(13,14)12-6-8-3-4-10(18(11,15)16)5-9(8)7-12;1-2-14(12,13)11-7-9-5-3-4-6-10(9)8-11;1-2-4-8-6-9-5-7(8)3-1;1-2-4-8-7(3-1)9-5-6-10-8;1-2-6(3,4)5;2-1-3;;1-5(2,3)4;1-3-2;1-2;/h3-6,9-10H,2,7-8,11-12H2,1H3;3-5H,2,6-7H2,1H3;3-6H,2,7-8H2,1H3;1-4,9H,5-6H2;1-4H,5-6H2;2H2,1H3;1H2;1H4;(H,2,3,4);;;1H/q;;;;;;;;;-1;;. The molecule has 0 unspecified atom stereocenters. The van der Waals surface area contributed by atoms with Gasteiger partial charge in [-0.15, -0.1) is 47.2 Å². The number of para-hydroxylation sites is 2. The van der Waals surface area contributed by atoms with Crippen molar-refractivity contribution < 1.29 is 95.7 Å². The normalized spacial score (nSPS) is 14.7. The molecular weight excluding hydrogens is 2220 g/mol. The summed E-state index contributed by atoms with van der Waals surface area (Å²) < 4.78 is 190. The topological polar surface area (TPSA) is 318 Å². The van der Waals surface area contributed by atoms with Crippen LogP contribution >= 0.6 is 154 Å². The van der Waals surface area contributed by atoms with Gasteiger partial charge in [0.15, 0.2) is 23.0 Å². The quantitative estimate of drug-likeness (QED) is 0.0557. The van der Waals surface area contributed by atoms with Crippen LogP contribution in [0, 0.1) is 0 Å². The van der Waals surface area contributed by atoms with Gasteiger partial charge in [0.25, 0.3) is 9.05 Å². The Morgan fingerprint density at radius 2 is 0.697 bits per heavy atom. The van der Waals surface area contributed by atoms with Crippen molar-refractivity contribution in [3.05, 3.63) is 172 Å². The van der Waals surface area contributed by atoms with E-state index in [1.807, 2.05) is 48.5 Å². The number of alkyl halides is 2. The molecule has 6 heterocycles. The number of rotatable bonds is 10. The Morgan fingerprint density at radius 1 is 0.434 bits per heavy atom. The van der Waals surface area contributed by atoms with Gasteiger partial charge in [-0.2, -0.15) is 21.3 Å². The molecule has 0 radical (unpaired) electrons. The predicted molar refractivity (Wildman–Crippen MR) is 433 cm³/mol. The van der Waals surface area contributed by atoms with Crippen molar-refractivity contribution >= 4 is 221 Å². The van der Waals surface area contributed by atoms with Crippen LogP contribution in [0.25, 0.3) is 0 Å². The van der Waals surface area contributed by atoms with Gasteiger partial charge < -0.3 is 24.3 Å². The number of fused-ring (bicyclic) bond motifs is 6. The number of hydrogen-bond donors (Lipinski definition) is 2. The van der Waals surface area contributed by atoms with E-state index in [0.717, 1.165) is 46.8 Å². The van der Waals surface area contributed by atoms with Gasteiger partial charge in [-0.05, 0) is 114 Å². The second-order valence-corrected chi connectivity index (χ2v) is 53.2. The molecule has 0 bridgehead atoms. The van der Waals surface area contributed by atoms with E-state index in [9.17, 15) is 50.5 Å². The number of hydrogen-bond acceptors (Lipinski definition) is 19. The minimum atomic E-state index is -4.19. The Labute approximate surface area is 677 Å². The van der Waals surface area contributed by atoms with Gasteiger partial charge in [0.2, 0.25) is 49.0 Å². The Balaban J connectivity index is 0.000000599. The first-order chi connectivity index (χ1) is 45.5. The molecule has 560 valence electrons. The summed E-state index contributed by atoms with van der Waals surface area (Å²) in [4.78, 5) is 0.245. The summed E-state index contributed by atoms with van der Waals surface area (Å²) in [6.45, 7) is 12.6. The molecule has 6 aromatic rings. The summed E-state index contributed by atoms with van der Waals surface area (Å²) in [6.07, 6.45) is 0. The summed E-state index contributed by atoms with van der Waals surface area (Å²) >= 11 is 19.1. The smallest absolute Gasteiger partial charge is 0.353 e. The zero-order chi connectivity index (χ0) is 73.0. The van der Waals surface area contributed by atoms with Crippen LogP contribution in [0.5, 0.6) is 23.0 Å². The fourth-order valence-electron chi connectivity index (χ4n) is 8.99. The van der Waals surface area contributed by atoms with Crippen LogP contribution in [0.4, 0.5) is 0 Å². The molecule has 0 saturated heterocycles. The second kappa shape index (κ2) is 46.9. The molecule has 23 nitrogen and oxygen atoms in total. The summed E-state index contributed by atoms with van der Waals surface area (Å²) in [5.74, 6) is 2.88. The number of benzene rings is 6. The van der Waals surface area contributed by atoms with E-state index in [-0.39, 0.29) is 101 Å². The van der Waals surface area contributed by atoms with Crippen molar-refractivity contribution in [2.24, 2.45) is 0 Å². The first-order valence-corrected chi connectivity index (χ1v) is 61.5. The van der Waals surface area contributed by atoms with Crippen LogP contribution in [0.1, 0.15) is 79.6 Å². The molecule has 6 aliphatic heterocycles. The molecule has 99 heavy (non-hydrogen) atoms. The Bertz CT molecular complexity index is 4300. The van der Waals surface area contributed by atoms with Crippen molar-refractivity contribution in [1.82, 2.24) is 18.2 Å². The SMILES string of the molecule is C.CCS(=O)(=O)Cl.CCS(=O)(=O)N1Cc2ccc(S(=O)(=O)Cl)cc2C1.CCS(=O)(=O)N1Cc2ccc(S(=O)(=O)c3ccc4c(c3)OCCO4)cc2C1.CCS(=O)(=O)N1Cc2ccccc2C1.ClCCl.I.II.I[I-]I.O=S(=O)(O)Cl.c1ccc2c(c1)CNC2.c1ccc2c(c1)OCCO2. The molecule has 0 aromatic heterocycles. The third kappa shape index (κ3) is 33.5. The van der Waals surface area contributed by atoms with Gasteiger partial charge in [0.1, 0.15) is 26.4 Å². The third-order valence-corrected chi connectivity index (χ3v) is 23.6. The maximum Gasteiger partial charge on any atom is 0.353 e. The first kappa shape index (κ1) is 96.8. The molecule has 0 aliphatic carbocycles. The van der Waals surface area contributed by atoms with Crippen LogP contribution in [-0.2, 0) is 120 Å². The van der Waals surface area contributed by atoms with Gasteiger partial charge in [-0.3, -0.25) is 4.55 Å². The van der Waals surface area contributed by atoms with Gasteiger partial charge >= 0.3 is 59.8 Å². The van der Waals surface area contributed by atoms with E-state index in [0.29, 0.717) is 75.4 Å². The third-order valence-electron chi connectivity index (χ3n) is 13.8. The fourth-order valence-corrected chi connectivity index (χ4v) is 14.2. The van der Waals surface area contributed by atoms with Crippen molar-refractivity contribution in [2.45, 2.75) is 102 Å². The Hall–Kier alpha value is -0.200. The second-order valence-electron chi connectivity index (χ2n) is 19.8. The van der Waals surface area contributed by atoms with Gasteiger partial charge in [0.05, 0.1) is 43.0 Å². The maximum absolute atomic E-state index is 13.0. The molecule has 2 N–H and O–H groups in total. The van der Waals surface area contributed by atoms with Crippen molar-refractivity contribution in [3.63, 3.8) is 0 Å². The van der Waals surface area contributed by atoms with Crippen LogP contribution in [0.2, 0.25) is 0 Å². The average Bonchev–Trinajstić information content (AvgIpc) is 1.77. The van der Waals surface area contributed by atoms with Gasteiger partial charge in [-0.25, -0.2) is 50.5 Å². The molecule has 41 heteroatoms. The van der Waals surface area contributed by atoms with Crippen LogP contribution in [0.3, 0.4) is 0 Å². The minimum absolute atomic E-state index is 0. The number of sulfone groups is 1. The summed E-state index contributed by atoms with van der Waals surface area (Å²) in [5, 5.41) is 3.48. The number of ether oxygens (including phenoxy) is 4. The monoisotopic (exact) mass is 2290 g/mol. The largest absolute Gasteiger partial charge is 0.486 e. The Morgan fingerprint density at radius 3 is 1.03 bits per heavy atom. The average molecular weight is 2290 g/mol. The molecular formula is C58H74Cl5I6N4O19S7-. The molecule has 0 atom stereocenters.